The van der Waals surface area contributed by atoms with Crippen LogP contribution in [0.4, 0.5) is 4.39 Å². The van der Waals surface area contributed by atoms with Gasteiger partial charge in [-0.15, -0.1) is 0 Å². The largest absolute Gasteiger partial charge is 0.459 e. The van der Waals surface area contributed by atoms with Crippen molar-refractivity contribution in [2.45, 2.75) is 6.04 Å². The predicted octanol–water partition coefficient (Wildman–Crippen LogP) is 2.50. The molecule has 1 unspecified atom stereocenters. The van der Waals surface area contributed by atoms with Gasteiger partial charge in [-0.3, -0.25) is 0 Å². The molecule has 5 heteroatoms. The van der Waals surface area contributed by atoms with Crippen molar-refractivity contribution in [1.82, 2.24) is 5.32 Å². The lowest BCUT2D eigenvalue weighted by Crippen LogP contribution is -2.22. The predicted molar refractivity (Wildman–Crippen MR) is 70.7 cm³/mol. The highest BCUT2D eigenvalue weighted by atomic mass is 19.1. The number of furan rings is 1. The Morgan fingerprint density at radius 2 is 2.16 bits per heavy atom. The van der Waals surface area contributed by atoms with Crippen LogP contribution in [0, 0.1) is 5.82 Å². The van der Waals surface area contributed by atoms with Crippen molar-refractivity contribution in [2.24, 2.45) is 0 Å². The van der Waals surface area contributed by atoms with Gasteiger partial charge in [0.05, 0.1) is 25.9 Å². The number of hydrogen-bond donors (Lipinski definition) is 1. The van der Waals surface area contributed by atoms with E-state index in [2.05, 4.69) is 5.32 Å². The van der Waals surface area contributed by atoms with Crippen LogP contribution in [0.1, 0.15) is 11.8 Å². The fourth-order valence-corrected chi connectivity index (χ4v) is 1.86. The van der Waals surface area contributed by atoms with E-state index in [0.29, 0.717) is 25.4 Å². The van der Waals surface area contributed by atoms with Crippen molar-refractivity contribution < 1.29 is 18.3 Å². The first-order valence-electron chi connectivity index (χ1n) is 6.17. The second-order valence-electron chi connectivity index (χ2n) is 4.24. The summed E-state index contributed by atoms with van der Waals surface area (Å²) in [6.07, 6.45) is 0. The fraction of sp³-hybridized carbons (Fsp3) is 0.429. The molecule has 0 aliphatic rings. The Balaban J connectivity index is 2.07. The van der Waals surface area contributed by atoms with Gasteiger partial charge in [0.15, 0.2) is 0 Å². The lowest BCUT2D eigenvalue weighted by molar-refractivity contribution is 0.0569. The minimum Gasteiger partial charge on any atom is -0.459 e. The van der Waals surface area contributed by atoms with Crippen LogP contribution in [0.5, 0.6) is 0 Å². The quantitative estimate of drug-likeness (QED) is 0.783. The van der Waals surface area contributed by atoms with Crippen LogP contribution >= 0.6 is 0 Å². The zero-order valence-electron chi connectivity index (χ0n) is 11.1. The van der Waals surface area contributed by atoms with Crippen LogP contribution in [-0.4, -0.2) is 34.0 Å². The van der Waals surface area contributed by atoms with Gasteiger partial charge >= 0.3 is 0 Å². The summed E-state index contributed by atoms with van der Waals surface area (Å²) in [5.41, 5.74) is 0.675. The van der Waals surface area contributed by atoms with Gasteiger partial charge in [0.1, 0.15) is 17.2 Å². The molecule has 1 aromatic carbocycles. The van der Waals surface area contributed by atoms with Gasteiger partial charge in [-0.05, 0) is 31.3 Å². The number of benzene rings is 1. The summed E-state index contributed by atoms with van der Waals surface area (Å²) in [5, 5.41) is 3.87. The molecule has 2 aromatic rings. The SMILES string of the molecule is CNC(COCCOC)c1cc2cc(F)ccc2o1. The fourth-order valence-electron chi connectivity index (χ4n) is 1.86. The molecule has 1 atom stereocenters. The topological polar surface area (TPSA) is 43.6 Å². The van der Waals surface area contributed by atoms with Gasteiger partial charge in [0, 0.05) is 12.5 Å². The van der Waals surface area contributed by atoms with E-state index in [9.17, 15) is 4.39 Å². The molecule has 0 amide bonds. The Labute approximate surface area is 111 Å². The molecule has 19 heavy (non-hydrogen) atoms. The molecule has 0 radical (unpaired) electrons. The van der Waals surface area contributed by atoms with Crippen LogP contribution in [0.15, 0.2) is 28.7 Å². The number of methoxy groups -OCH3 is 1. The number of rotatable bonds is 7. The van der Waals surface area contributed by atoms with E-state index in [1.807, 2.05) is 13.1 Å². The Hall–Kier alpha value is -1.43. The summed E-state index contributed by atoms with van der Waals surface area (Å²) in [6.45, 7) is 1.56. The summed E-state index contributed by atoms with van der Waals surface area (Å²) in [5.74, 6) is 0.470. The second-order valence-corrected chi connectivity index (χ2v) is 4.24. The van der Waals surface area contributed by atoms with Crippen LogP contribution in [0.25, 0.3) is 11.0 Å². The molecule has 0 aliphatic heterocycles. The molecule has 0 spiro atoms. The third-order valence-corrected chi connectivity index (χ3v) is 2.91. The van der Waals surface area contributed by atoms with E-state index >= 15 is 0 Å². The summed E-state index contributed by atoms with van der Waals surface area (Å²) in [7, 11) is 3.46. The van der Waals surface area contributed by atoms with Crippen molar-refractivity contribution in [3.8, 4) is 0 Å². The highest BCUT2D eigenvalue weighted by Crippen LogP contribution is 2.24. The van der Waals surface area contributed by atoms with E-state index in [0.717, 1.165) is 11.1 Å². The molecule has 0 fully saturated rings. The van der Waals surface area contributed by atoms with E-state index in [-0.39, 0.29) is 11.9 Å². The van der Waals surface area contributed by atoms with E-state index < -0.39 is 0 Å². The zero-order valence-corrected chi connectivity index (χ0v) is 11.1. The minimum atomic E-state index is -0.266. The number of ether oxygens (including phenoxy) is 2. The van der Waals surface area contributed by atoms with Gasteiger partial charge in [0.25, 0.3) is 0 Å². The van der Waals surface area contributed by atoms with Gasteiger partial charge in [-0.1, -0.05) is 0 Å². The first kappa shape index (κ1) is 14.0. The van der Waals surface area contributed by atoms with Gasteiger partial charge in [0.2, 0.25) is 0 Å². The average Bonchev–Trinajstić information content (AvgIpc) is 2.81. The van der Waals surface area contributed by atoms with Crippen molar-refractivity contribution >= 4 is 11.0 Å². The van der Waals surface area contributed by atoms with Crippen LogP contribution in [0.2, 0.25) is 0 Å². The molecule has 0 aliphatic carbocycles. The van der Waals surface area contributed by atoms with Crippen LogP contribution in [0.3, 0.4) is 0 Å². The minimum absolute atomic E-state index is 0.0627. The molecule has 0 saturated carbocycles. The Bertz CT molecular complexity index is 526. The lowest BCUT2D eigenvalue weighted by atomic mass is 10.2. The molecular weight excluding hydrogens is 249 g/mol. The maximum Gasteiger partial charge on any atom is 0.134 e. The van der Waals surface area contributed by atoms with Gasteiger partial charge in [-0.25, -0.2) is 4.39 Å². The first-order valence-corrected chi connectivity index (χ1v) is 6.17. The molecule has 0 saturated heterocycles. The van der Waals surface area contributed by atoms with Crippen LogP contribution in [-0.2, 0) is 9.47 Å². The second kappa shape index (κ2) is 6.65. The number of likely N-dealkylation sites (N-methyl/N-ethyl adjacent to an activating group) is 1. The number of fused-ring (bicyclic) bond motifs is 1. The first-order chi connectivity index (χ1) is 9.24. The van der Waals surface area contributed by atoms with Crippen molar-refractivity contribution in [2.75, 3.05) is 34.0 Å². The molecule has 1 heterocycles. The third kappa shape index (κ3) is 3.53. The van der Waals surface area contributed by atoms with E-state index in [4.69, 9.17) is 13.9 Å². The number of nitrogens with one attached hydrogen (secondary N) is 1. The van der Waals surface area contributed by atoms with E-state index in [1.165, 1.54) is 12.1 Å². The standard InChI is InChI=1S/C14H18FNO3/c1-16-12(9-18-6-5-17-2)14-8-10-7-11(15)3-4-13(10)19-14/h3-4,7-8,12,16H,5-6,9H2,1-2H3. The molecule has 4 nitrogen and oxygen atoms in total. The maximum absolute atomic E-state index is 13.1. The summed E-state index contributed by atoms with van der Waals surface area (Å²) in [6, 6.07) is 6.25. The molecule has 1 N–H and O–H groups in total. The van der Waals surface area contributed by atoms with E-state index in [1.54, 1.807) is 13.2 Å². The highest BCUT2D eigenvalue weighted by Gasteiger charge is 2.15. The average molecular weight is 267 g/mol. The Kier molecular flexibility index (Phi) is 4.90. The van der Waals surface area contributed by atoms with Crippen molar-refractivity contribution in [3.63, 3.8) is 0 Å². The molecule has 2 rings (SSSR count). The van der Waals surface area contributed by atoms with Crippen molar-refractivity contribution in [3.05, 3.63) is 35.8 Å². The molecular formula is C14H18FNO3. The smallest absolute Gasteiger partial charge is 0.134 e. The van der Waals surface area contributed by atoms with Crippen LogP contribution < -0.4 is 5.32 Å². The number of halogens is 1. The third-order valence-electron chi connectivity index (χ3n) is 2.91. The zero-order chi connectivity index (χ0) is 13.7. The van der Waals surface area contributed by atoms with Crippen molar-refractivity contribution in [1.29, 1.82) is 0 Å². The lowest BCUT2D eigenvalue weighted by Gasteiger charge is -2.13. The highest BCUT2D eigenvalue weighted by molar-refractivity contribution is 5.78. The summed E-state index contributed by atoms with van der Waals surface area (Å²) >= 11 is 0. The Morgan fingerprint density at radius 3 is 2.89 bits per heavy atom. The number of hydrogen-bond acceptors (Lipinski definition) is 4. The monoisotopic (exact) mass is 267 g/mol. The molecule has 0 bridgehead atoms. The van der Waals surface area contributed by atoms with Gasteiger partial charge < -0.3 is 19.2 Å². The Morgan fingerprint density at radius 1 is 1.32 bits per heavy atom. The van der Waals surface area contributed by atoms with Gasteiger partial charge in [-0.2, -0.15) is 0 Å². The molecule has 104 valence electrons. The normalized spacial score (nSPS) is 13.0. The summed E-state index contributed by atoms with van der Waals surface area (Å²) < 4.78 is 29.2. The summed E-state index contributed by atoms with van der Waals surface area (Å²) in [4.78, 5) is 0. The maximum atomic E-state index is 13.1. The molecule has 1 aromatic heterocycles.